The van der Waals surface area contributed by atoms with Crippen LogP contribution in [0.1, 0.15) is 5.56 Å². The molecule has 0 aliphatic carbocycles. The minimum Gasteiger partial charge on any atom is -0.457 e. The zero-order valence-electron chi connectivity index (χ0n) is 14.4. The second-order valence-electron chi connectivity index (χ2n) is 5.54. The molecule has 2 aromatic carbocycles. The molecule has 3 rings (SSSR count). The molecular weight excluding hydrogens is 378 g/mol. The molecule has 0 aliphatic heterocycles. The molecule has 0 atom stereocenters. The number of hydrogen-bond acceptors (Lipinski definition) is 6. The molecule has 8 heteroatoms. The van der Waals surface area contributed by atoms with Crippen LogP contribution in [0.4, 0.5) is 10.7 Å². The number of rotatable bonds is 6. The molecule has 1 heterocycles. The number of hydrogen-bond donors (Lipinski definition) is 1. The van der Waals surface area contributed by atoms with E-state index in [4.69, 9.17) is 4.74 Å². The Morgan fingerprint density at radius 3 is 2.43 bits per heavy atom. The van der Waals surface area contributed by atoms with Crippen molar-refractivity contribution in [2.24, 2.45) is 0 Å². The van der Waals surface area contributed by atoms with Gasteiger partial charge in [0.05, 0.1) is 4.92 Å². The van der Waals surface area contributed by atoms with Gasteiger partial charge in [-0.15, -0.1) is 0 Å². The zero-order chi connectivity index (χ0) is 19.9. The Labute approximate surface area is 164 Å². The lowest BCUT2D eigenvalue weighted by Gasteiger charge is -2.07. The molecule has 1 N–H and O–H groups in total. The van der Waals surface area contributed by atoms with E-state index in [1.54, 1.807) is 24.3 Å². The third-order valence-corrected chi connectivity index (χ3v) is 4.45. The van der Waals surface area contributed by atoms with E-state index in [1.165, 1.54) is 17.5 Å². The summed E-state index contributed by atoms with van der Waals surface area (Å²) in [6, 6.07) is 19.1. The summed E-state index contributed by atoms with van der Waals surface area (Å²) >= 11 is 0.929. The van der Waals surface area contributed by atoms with E-state index in [9.17, 15) is 20.2 Å². The summed E-state index contributed by atoms with van der Waals surface area (Å²) < 4.78 is 5.68. The Kier molecular flexibility index (Phi) is 5.79. The predicted molar refractivity (Wildman–Crippen MR) is 106 cm³/mol. The van der Waals surface area contributed by atoms with Gasteiger partial charge in [-0.2, -0.15) is 5.26 Å². The van der Waals surface area contributed by atoms with Crippen LogP contribution in [0.2, 0.25) is 0 Å². The third-order valence-electron chi connectivity index (χ3n) is 3.55. The van der Waals surface area contributed by atoms with Crippen molar-refractivity contribution in [2.75, 3.05) is 5.32 Å². The van der Waals surface area contributed by atoms with Crippen molar-refractivity contribution < 1.29 is 14.5 Å². The van der Waals surface area contributed by atoms with Crippen molar-refractivity contribution in [1.29, 1.82) is 5.26 Å². The number of nitrogens with zero attached hydrogens (tertiary/aromatic N) is 2. The number of nitro groups is 1. The van der Waals surface area contributed by atoms with Crippen molar-refractivity contribution in [2.45, 2.75) is 0 Å². The van der Waals surface area contributed by atoms with Crippen molar-refractivity contribution in [3.8, 4) is 17.6 Å². The highest BCUT2D eigenvalue weighted by molar-refractivity contribution is 7.13. The Balaban J connectivity index is 1.67. The lowest BCUT2D eigenvalue weighted by molar-refractivity contribution is -0.380. The van der Waals surface area contributed by atoms with Gasteiger partial charge in [0, 0.05) is 17.1 Å². The number of para-hydroxylation sites is 1. The fourth-order valence-corrected chi connectivity index (χ4v) is 2.94. The van der Waals surface area contributed by atoms with E-state index >= 15 is 0 Å². The van der Waals surface area contributed by atoms with Crippen LogP contribution in [0.3, 0.4) is 0 Å². The SMILES string of the molecule is N#C/C(=C\c1csc([N+](=O)[O-])c1)C(=O)Nc1ccc(Oc2ccccc2)cc1. The first kappa shape index (κ1) is 18.8. The van der Waals surface area contributed by atoms with Crippen molar-refractivity contribution in [3.05, 3.63) is 87.3 Å². The maximum atomic E-state index is 12.3. The molecule has 138 valence electrons. The standard InChI is InChI=1S/C20H13N3O4S/c21-12-15(10-14-11-19(23(25)26)28-13-14)20(24)22-16-6-8-18(9-7-16)27-17-4-2-1-3-5-17/h1-11,13H,(H,22,24)/b15-10+. The lowest BCUT2D eigenvalue weighted by Crippen LogP contribution is -2.13. The van der Waals surface area contributed by atoms with Crippen molar-refractivity contribution in [3.63, 3.8) is 0 Å². The first-order valence-corrected chi connectivity index (χ1v) is 8.92. The van der Waals surface area contributed by atoms with Crippen molar-refractivity contribution in [1.82, 2.24) is 0 Å². The topological polar surface area (TPSA) is 105 Å². The molecule has 3 aromatic rings. The molecule has 0 saturated heterocycles. The van der Waals surface area contributed by atoms with Gasteiger partial charge in [0.15, 0.2) is 0 Å². The zero-order valence-corrected chi connectivity index (χ0v) is 15.2. The van der Waals surface area contributed by atoms with Gasteiger partial charge < -0.3 is 10.1 Å². The Morgan fingerprint density at radius 1 is 1.14 bits per heavy atom. The maximum Gasteiger partial charge on any atom is 0.324 e. The average Bonchev–Trinajstić information content (AvgIpc) is 3.17. The normalized spacial score (nSPS) is 10.8. The number of nitrogens with one attached hydrogen (secondary N) is 1. The molecule has 28 heavy (non-hydrogen) atoms. The summed E-state index contributed by atoms with van der Waals surface area (Å²) in [5.74, 6) is 0.692. The molecule has 0 spiro atoms. The second-order valence-corrected chi connectivity index (χ2v) is 6.43. The molecule has 1 aromatic heterocycles. The van der Waals surface area contributed by atoms with Gasteiger partial charge >= 0.3 is 5.00 Å². The smallest absolute Gasteiger partial charge is 0.324 e. The van der Waals surface area contributed by atoms with Crippen LogP contribution in [0.25, 0.3) is 6.08 Å². The minimum atomic E-state index is -0.604. The molecule has 0 unspecified atom stereocenters. The Hall–Kier alpha value is -3.96. The molecule has 0 radical (unpaired) electrons. The summed E-state index contributed by atoms with van der Waals surface area (Å²) in [6.07, 6.45) is 1.31. The fraction of sp³-hybridized carbons (Fsp3) is 0. The molecule has 1 amide bonds. The summed E-state index contributed by atoms with van der Waals surface area (Å²) in [6.45, 7) is 0. The average molecular weight is 391 g/mol. The van der Waals surface area contributed by atoms with Crippen LogP contribution < -0.4 is 10.1 Å². The quantitative estimate of drug-likeness (QED) is 0.276. The Bertz CT molecular complexity index is 1070. The fourth-order valence-electron chi connectivity index (χ4n) is 2.26. The number of ether oxygens (including phenoxy) is 1. The van der Waals surface area contributed by atoms with Gasteiger partial charge in [-0.3, -0.25) is 14.9 Å². The highest BCUT2D eigenvalue weighted by atomic mass is 32.1. The number of carbonyl (C=O) groups excluding carboxylic acids is 1. The monoisotopic (exact) mass is 391 g/mol. The molecule has 0 aliphatic rings. The first-order chi connectivity index (χ1) is 13.5. The second kappa shape index (κ2) is 8.62. The summed E-state index contributed by atoms with van der Waals surface area (Å²) in [5.41, 5.74) is 0.759. The van der Waals surface area contributed by atoms with Crippen LogP contribution in [0, 0.1) is 21.4 Å². The third kappa shape index (κ3) is 4.81. The van der Waals surface area contributed by atoms with Crippen LogP contribution in [0.15, 0.2) is 71.6 Å². The molecule has 0 bridgehead atoms. The first-order valence-electron chi connectivity index (χ1n) is 8.04. The van der Waals surface area contributed by atoms with E-state index in [-0.39, 0.29) is 10.6 Å². The van der Waals surface area contributed by atoms with Gasteiger partial charge in [-0.05, 0) is 48.0 Å². The van der Waals surface area contributed by atoms with E-state index in [0.29, 0.717) is 22.7 Å². The molecule has 7 nitrogen and oxygen atoms in total. The number of amides is 1. The minimum absolute atomic E-state index is 0.0575. The number of anilines is 1. The van der Waals surface area contributed by atoms with Crippen LogP contribution in [-0.2, 0) is 4.79 Å². The number of benzene rings is 2. The van der Waals surface area contributed by atoms with Gasteiger partial charge in [0.2, 0.25) is 0 Å². The highest BCUT2D eigenvalue weighted by Crippen LogP contribution is 2.25. The number of carbonyl (C=O) groups is 1. The van der Waals surface area contributed by atoms with E-state index in [1.807, 2.05) is 36.4 Å². The number of nitriles is 1. The van der Waals surface area contributed by atoms with Gasteiger partial charge in [-0.25, -0.2) is 0 Å². The van der Waals surface area contributed by atoms with E-state index in [2.05, 4.69) is 5.32 Å². The predicted octanol–water partition coefficient (Wildman–Crippen LogP) is 4.99. The van der Waals surface area contributed by atoms with Crippen LogP contribution >= 0.6 is 11.3 Å². The largest absolute Gasteiger partial charge is 0.457 e. The van der Waals surface area contributed by atoms with Gasteiger partial charge in [0.25, 0.3) is 5.91 Å². The summed E-state index contributed by atoms with van der Waals surface area (Å²) in [5, 5.41) is 24.0. The van der Waals surface area contributed by atoms with Gasteiger partial charge in [0.1, 0.15) is 23.1 Å². The molecular formula is C20H13N3O4S. The van der Waals surface area contributed by atoms with E-state index in [0.717, 1.165) is 11.3 Å². The Morgan fingerprint density at radius 2 is 1.82 bits per heavy atom. The van der Waals surface area contributed by atoms with Crippen LogP contribution in [-0.4, -0.2) is 10.8 Å². The summed E-state index contributed by atoms with van der Waals surface area (Å²) in [7, 11) is 0. The number of thiophene rings is 1. The highest BCUT2D eigenvalue weighted by Gasteiger charge is 2.13. The van der Waals surface area contributed by atoms with Gasteiger partial charge in [-0.1, -0.05) is 29.5 Å². The summed E-state index contributed by atoms with van der Waals surface area (Å²) in [4.78, 5) is 22.5. The maximum absolute atomic E-state index is 12.3. The molecule has 0 fully saturated rings. The van der Waals surface area contributed by atoms with E-state index < -0.39 is 10.8 Å². The lowest BCUT2D eigenvalue weighted by atomic mass is 10.2. The van der Waals surface area contributed by atoms with Crippen molar-refractivity contribution >= 4 is 34.0 Å². The van der Waals surface area contributed by atoms with Crippen LogP contribution in [0.5, 0.6) is 11.5 Å². The molecule has 0 saturated carbocycles.